The summed E-state index contributed by atoms with van der Waals surface area (Å²) in [6, 6.07) is 15.8. The Morgan fingerprint density at radius 3 is 2.61 bits per heavy atom. The van der Waals surface area contributed by atoms with Crippen LogP contribution in [0.2, 0.25) is 0 Å². The Morgan fingerprint density at radius 2 is 1.83 bits per heavy atom. The van der Waals surface area contributed by atoms with Crippen molar-refractivity contribution in [1.29, 1.82) is 0 Å². The zero-order chi connectivity index (χ0) is 12.5. The van der Waals surface area contributed by atoms with E-state index in [9.17, 15) is 4.79 Å². The number of carbonyl (C=O) groups excluding carboxylic acids is 1. The summed E-state index contributed by atoms with van der Waals surface area (Å²) in [5.74, 6) is 0.149. The maximum atomic E-state index is 12.5. The average molecular weight is 237 g/mol. The fourth-order valence-corrected chi connectivity index (χ4v) is 2.44. The molecule has 2 aromatic carbocycles. The van der Waals surface area contributed by atoms with Crippen molar-refractivity contribution in [3.05, 3.63) is 65.2 Å². The van der Waals surface area contributed by atoms with Crippen LogP contribution in [0, 0.1) is 6.92 Å². The van der Waals surface area contributed by atoms with Crippen LogP contribution in [0.15, 0.2) is 48.5 Å². The number of benzene rings is 2. The van der Waals surface area contributed by atoms with E-state index in [4.69, 9.17) is 0 Å². The summed E-state index contributed by atoms with van der Waals surface area (Å²) < 4.78 is 0. The first kappa shape index (κ1) is 11.0. The number of aryl methyl sites for hydroxylation is 1. The number of para-hydroxylation sites is 1. The fraction of sp³-hybridized carbons (Fsp3) is 0.188. The second-order valence-corrected chi connectivity index (χ2v) is 4.75. The summed E-state index contributed by atoms with van der Waals surface area (Å²) in [6.45, 7) is 2.73. The Balaban J connectivity index is 1.93. The van der Waals surface area contributed by atoms with Gasteiger partial charge >= 0.3 is 0 Å². The lowest BCUT2D eigenvalue weighted by Gasteiger charge is -2.09. The smallest absolute Gasteiger partial charge is 0.172 e. The van der Waals surface area contributed by atoms with Crippen LogP contribution in [0.25, 0.3) is 0 Å². The van der Waals surface area contributed by atoms with Crippen LogP contribution in [-0.2, 0) is 0 Å². The molecule has 2 heteroatoms. The zero-order valence-corrected chi connectivity index (χ0v) is 10.3. The monoisotopic (exact) mass is 237 g/mol. The van der Waals surface area contributed by atoms with Gasteiger partial charge < -0.3 is 5.32 Å². The molecule has 0 bridgehead atoms. The number of carbonyl (C=O) groups is 1. The van der Waals surface area contributed by atoms with E-state index in [1.807, 2.05) is 55.5 Å². The number of hydrogen-bond acceptors (Lipinski definition) is 2. The second-order valence-electron chi connectivity index (χ2n) is 4.75. The van der Waals surface area contributed by atoms with Gasteiger partial charge in [0.15, 0.2) is 5.78 Å². The Bertz CT molecular complexity index is 586. The first-order valence-corrected chi connectivity index (χ1v) is 6.19. The quantitative estimate of drug-likeness (QED) is 0.811. The molecule has 0 fully saturated rings. The third kappa shape index (κ3) is 1.80. The molecule has 0 saturated carbocycles. The molecule has 2 aromatic rings. The van der Waals surface area contributed by atoms with E-state index < -0.39 is 0 Å². The van der Waals surface area contributed by atoms with Crippen molar-refractivity contribution >= 4 is 11.5 Å². The predicted molar refractivity (Wildman–Crippen MR) is 73.2 cm³/mol. The number of fused-ring (bicyclic) bond motifs is 1. The summed E-state index contributed by atoms with van der Waals surface area (Å²) in [5.41, 5.74) is 4.17. The molecule has 0 aromatic heterocycles. The number of Topliss-reactive ketones (excluding diaryl/α,β-unsaturated/α-hetero) is 1. The van der Waals surface area contributed by atoms with Gasteiger partial charge in [0, 0.05) is 17.8 Å². The third-order valence-corrected chi connectivity index (χ3v) is 3.49. The summed E-state index contributed by atoms with van der Waals surface area (Å²) in [5, 5.41) is 3.29. The Labute approximate surface area is 107 Å². The Morgan fingerprint density at radius 1 is 1.11 bits per heavy atom. The summed E-state index contributed by atoms with van der Waals surface area (Å²) in [4.78, 5) is 12.5. The van der Waals surface area contributed by atoms with Gasteiger partial charge in [-0.25, -0.2) is 0 Å². The van der Waals surface area contributed by atoms with Crippen molar-refractivity contribution in [1.82, 2.24) is 0 Å². The molecule has 1 heterocycles. The lowest BCUT2D eigenvalue weighted by atomic mass is 9.92. The molecule has 1 aliphatic heterocycles. The zero-order valence-electron chi connectivity index (χ0n) is 10.3. The van der Waals surface area contributed by atoms with Gasteiger partial charge in [-0.1, -0.05) is 48.0 Å². The standard InChI is InChI=1S/C16H15NO/c1-11-6-8-12(9-7-11)16(18)14-10-17-15-5-3-2-4-13(14)15/h2-9,14,17H,10H2,1H3. The van der Waals surface area contributed by atoms with Crippen LogP contribution in [-0.4, -0.2) is 12.3 Å². The second kappa shape index (κ2) is 4.30. The first-order chi connectivity index (χ1) is 8.75. The van der Waals surface area contributed by atoms with Gasteiger partial charge in [0.25, 0.3) is 0 Å². The number of nitrogens with one attached hydrogen (secondary N) is 1. The summed E-state index contributed by atoms with van der Waals surface area (Å²) in [6.07, 6.45) is 0. The van der Waals surface area contributed by atoms with Crippen LogP contribution in [0.1, 0.15) is 27.4 Å². The first-order valence-electron chi connectivity index (χ1n) is 6.19. The molecule has 0 aliphatic carbocycles. The van der Waals surface area contributed by atoms with Crippen molar-refractivity contribution in [2.24, 2.45) is 0 Å². The number of anilines is 1. The van der Waals surface area contributed by atoms with Gasteiger partial charge in [0.2, 0.25) is 0 Å². The molecule has 0 spiro atoms. The van der Waals surface area contributed by atoms with Crippen molar-refractivity contribution in [2.45, 2.75) is 12.8 Å². The van der Waals surface area contributed by atoms with Crippen LogP contribution in [0.4, 0.5) is 5.69 Å². The van der Waals surface area contributed by atoms with Crippen LogP contribution < -0.4 is 5.32 Å². The van der Waals surface area contributed by atoms with Crippen molar-refractivity contribution in [2.75, 3.05) is 11.9 Å². The largest absolute Gasteiger partial charge is 0.384 e. The van der Waals surface area contributed by atoms with Gasteiger partial charge in [-0.2, -0.15) is 0 Å². The summed E-state index contributed by atoms with van der Waals surface area (Å²) in [7, 11) is 0. The van der Waals surface area contributed by atoms with E-state index in [0.29, 0.717) is 6.54 Å². The maximum absolute atomic E-state index is 12.5. The molecule has 1 aliphatic rings. The highest BCUT2D eigenvalue weighted by atomic mass is 16.1. The minimum absolute atomic E-state index is 0.0519. The van der Waals surface area contributed by atoms with E-state index in [-0.39, 0.29) is 11.7 Å². The molecular weight excluding hydrogens is 222 g/mol. The molecule has 90 valence electrons. The molecule has 2 nitrogen and oxygen atoms in total. The highest BCUT2D eigenvalue weighted by Crippen LogP contribution is 2.33. The lowest BCUT2D eigenvalue weighted by Crippen LogP contribution is -2.14. The molecule has 3 rings (SSSR count). The molecule has 18 heavy (non-hydrogen) atoms. The third-order valence-electron chi connectivity index (χ3n) is 3.49. The average Bonchev–Trinajstić information content (AvgIpc) is 2.82. The normalized spacial score (nSPS) is 17.1. The molecule has 0 amide bonds. The topological polar surface area (TPSA) is 29.1 Å². The van der Waals surface area contributed by atoms with Crippen LogP contribution in [0.3, 0.4) is 0 Å². The highest BCUT2D eigenvalue weighted by molar-refractivity contribution is 6.03. The molecule has 0 radical (unpaired) electrons. The van der Waals surface area contributed by atoms with Gasteiger partial charge in [0.1, 0.15) is 0 Å². The number of ketones is 1. The van der Waals surface area contributed by atoms with E-state index in [1.165, 1.54) is 5.56 Å². The molecule has 1 N–H and O–H groups in total. The maximum Gasteiger partial charge on any atom is 0.172 e. The van der Waals surface area contributed by atoms with E-state index >= 15 is 0 Å². The predicted octanol–water partition coefficient (Wildman–Crippen LogP) is 3.39. The van der Waals surface area contributed by atoms with Gasteiger partial charge in [-0.15, -0.1) is 0 Å². The van der Waals surface area contributed by atoms with Crippen molar-refractivity contribution in [3.8, 4) is 0 Å². The summed E-state index contributed by atoms with van der Waals surface area (Å²) >= 11 is 0. The van der Waals surface area contributed by atoms with Gasteiger partial charge in [0.05, 0.1) is 5.92 Å². The minimum Gasteiger partial charge on any atom is -0.384 e. The highest BCUT2D eigenvalue weighted by Gasteiger charge is 2.28. The van der Waals surface area contributed by atoms with Crippen LogP contribution >= 0.6 is 0 Å². The SMILES string of the molecule is Cc1ccc(C(=O)C2CNc3ccccc32)cc1. The molecular formula is C16H15NO. The van der Waals surface area contributed by atoms with E-state index in [0.717, 1.165) is 16.8 Å². The van der Waals surface area contributed by atoms with Gasteiger partial charge in [-0.3, -0.25) is 4.79 Å². The Hall–Kier alpha value is -2.09. The van der Waals surface area contributed by atoms with Gasteiger partial charge in [-0.05, 0) is 18.6 Å². The van der Waals surface area contributed by atoms with E-state index in [2.05, 4.69) is 5.32 Å². The van der Waals surface area contributed by atoms with E-state index in [1.54, 1.807) is 0 Å². The van der Waals surface area contributed by atoms with Crippen molar-refractivity contribution < 1.29 is 4.79 Å². The fourth-order valence-electron chi connectivity index (χ4n) is 2.44. The minimum atomic E-state index is -0.0519. The molecule has 1 unspecified atom stereocenters. The lowest BCUT2D eigenvalue weighted by molar-refractivity contribution is 0.0966. The van der Waals surface area contributed by atoms with Crippen LogP contribution in [0.5, 0.6) is 0 Å². The number of hydrogen-bond donors (Lipinski definition) is 1. The number of rotatable bonds is 2. The van der Waals surface area contributed by atoms with Crippen molar-refractivity contribution in [3.63, 3.8) is 0 Å². The molecule has 1 atom stereocenters. The molecule has 0 saturated heterocycles. The Kier molecular flexibility index (Phi) is 2.63.